The summed E-state index contributed by atoms with van der Waals surface area (Å²) in [6.07, 6.45) is 0. The zero-order valence-corrected chi connectivity index (χ0v) is 12.2. The molecule has 1 aromatic carbocycles. The number of carbonyl (C=O) groups is 1. The van der Waals surface area contributed by atoms with E-state index in [-0.39, 0.29) is 6.03 Å². The maximum absolute atomic E-state index is 12.3. The van der Waals surface area contributed by atoms with Gasteiger partial charge in [-0.15, -0.1) is 0 Å². The van der Waals surface area contributed by atoms with Crippen molar-refractivity contribution in [3.63, 3.8) is 0 Å². The molecule has 1 aliphatic heterocycles. The molecule has 1 aromatic rings. The summed E-state index contributed by atoms with van der Waals surface area (Å²) in [4.78, 5) is 16.1. The van der Waals surface area contributed by atoms with Gasteiger partial charge in [0.05, 0.1) is 0 Å². The van der Waals surface area contributed by atoms with Crippen LogP contribution in [0, 0.1) is 19.8 Å². The van der Waals surface area contributed by atoms with Crippen molar-refractivity contribution < 1.29 is 4.79 Å². The molecule has 104 valence electrons. The Morgan fingerprint density at radius 3 is 2.68 bits per heavy atom. The minimum Gasteiger partial charge on any atom is -0.327 e. The second-order valence-electron chi connectivity index (χ2n) is 5.49. The highest BCUT2D eigenvalue weighted by Crippen LogP contribution is 2.25. The van der Waals surface area contributed by atoms with Crippen molar-refractivity contribution in [2.75, 3.05) is 38.6 Å². The van der Waals surface area contributed by atoms with Gasteiger partial charge in [0.25, 0.3) is 0 Å². The number of rotatable bonds is 3. The first kappa shape index (κ1) is 13.9. The van der Waals surface area contributed by atoms with Crippen LogP contribution in [0.5, 0.6) is 0 Å². The van der Waals surface area contributed by atoms with Gasteiger partial charge < -0.3 is 10.2 Å². The molecule has 0 aliphatic carbocycles. The highest BCUT2D eigenvalue weighted by atomic mass is 16.2. The third kappa shape index (κ3) is 2.89. The monoisotopic (exact) mass is 261 g/mol. The van der Waals surface area contributed by atoms with Crippen molar-refractivity contribution >= 4 is 11.7 Å². The first-order valence-corrected chi connectivity index (χ1v) is 6.77. The third-order valence-corrected chi connectivity index (χ3v) is 3.67. The average Bonchev–Trinajstić information content (AvgIpc) is 2.34. The fourth-order valence-electron chi connectivity index (χ4n) is 2.79. The summed E-state index contributed by atoms with van der Waals surface area (Å²) in [5.41, 5.74) is 3.42. The van der Waals surface area contributed by atoms with Gasteiger partial charge in [-0.2, -0.15) is 0 Å². The first-order valence-electron chi connectivity index (χ1n) is 6.77. The lowest BCUT2D eigenvalue weighted by molar-refractivity contribution is 0.192. The predicted octanol–water partition coefficient (Wildman–Crippen LogP) is 2.01. The fraction of sp³-hybridized carbons (Fsp3) is 0.533. The molecule has 4 nitrogen and oxygen atoms in total. The first-order chi connectivity index (χ1) is 9.02. The van der Waals surface area contributed by atoms with Gasteiger partial charge in [-0.3, -0.25) is 4.90 Å². The predicted molar refractivity (Wildman–Crippen MR) is 78.7 cm³/mol. The summed E-state index contributed by atoms with van der Waals surface area (Å²) in [6.45, 7) is 6.68. The molecule has 1 saturated heterocycles. The molecule has 4 heteroatoms. The number of anilines is 1. The van der Waals surface area contributed by atoms with Crippen LogP contribution in [0.1, 0.15) is 11.1 Å². The lowest BCUT2D eigenvalue weighted by atomic mass is 10.0. The van der Waals surface area contributed by atoms with Crippen molar-refractivity contribution in [2.24, 2.45) is 5.92 Å². The van der Waals surface area contributed by atoms with Crippen molar-refractivity contribution in [1.82, 2.24) is 10.2 Å². The second-order valence-corrected chi connectivity index (χ2v) is 5.49. The molecule has 2 amide bonds. The quantitative estimate of drug-likeness (QED) is 0.903. The Balaban J connectivity index is 2.27. The van der Waals surface area contributed by atoms with Gasteiger partial charge in [0.1, 0.15) is 0 Å². The Hall–Kier alpha value is -1.55. The summed E-state index contributed by atoms with van der Waals surface area (Å²) >= 11 is 0. The molecule has 0 spiro atoms. The molecule has 0 saturated carbocycles. The van der Waals surface area contributed by atoms with Gasteiger partial charge in [0, 0.05) is 38.3 Å². The number of aryl methyl sites for hydroxylation is 2. The Labute approximate surface area is 115 Å². The number of amides is 2. The molecule has 1 aliphatic rings. The molecular weight excluding hydrogens is 238 g/mol. The molecule has 0 radical (unpaired) electrons. The summed E-state index contributed by atoms with van der Waals surface area (Å²) in [5, 5.41) is 3.20. The van der Waals surface area contributed by atoms with E-state index in [2.05, 4.69) is 37.4 Å². The zero-order chi connectivity index (χ0) is 14.0. The van der Waals surface area contributed by atoms with E-state index in [0.717, 1.165) is 30.9 Å². The Kier molecular flexibility index (Phi) is 4.10. The lowest BCUT2D eigenvalue weighted by Gasteiger charge is -2.39. The van der Waals surface area contributed by atoms with Gasteiger partial charge in [0.15, 0.2) is 0 Å². The average molecular weight is 261 g/mol. The smallest absolute Gasteiger partial charge is 0.324 e. The molecule has 0 aromatic heterocycles. The number of carbonyl (C=O) groups excluding carboxylic acids is 1. The van der Waals surface area contributed by atoms with Gasteiger partial charge in [-0.1, -0.05) is 17.7 Å². The van der Waals surface area contributed by atoms with Crippen LogP contribution in [-0.2, 0) is 0 Å². The summed E-state index contributed by atoms with van der Waals surface area (Å²) in [7, 11) is 3.83. The summed E-state index contributed by atoms with van der Waals surface area (Å²) in [6, 6.07) is 6.35. The number of nitrogens with zero attached hydrogens (tertiary/aromatic N) is 2. The van der Waals surface area contributed by atoms with Crippen LogP contribution in [0.4, 0.5) is 10.5 Å². The highest BCUT2D eigenvalue weighted by molar-refractivity contribution is 5.93. The van der Waals surface area contributed by atoms with E-state index in [0.29, 0.717) is 5.92 Å². The maximum Gasteiger partial charge on any atom is 0.324 e. The molecule has 1 heterocycles. The van der Waals surface area contributed by atoms with Gasteiger partial charge in [0.2, 0.25) is 0 Å². The van der Waals surface area contributed by atoms with E-state index < -0.39 is 0 Å². The zero-order valence-electron chi connectivity index (χ0n) is 12.2. The highest BCUT2D eigenvalue weighted by Gasteiger charge is 2.30. The van der Waals surface area contributed by atoms with Crippen LogP contribution < -0.4 is 10.2 Å². The molecule has 1 unspecified atom stereocenters. The minimum atomic E-state index is 0.0966. The van der Waals surface area contributed by atoms with E-state index in [1.165, 1.54) is 5.56 Å². The van der Waals surface area contributed by atoms with Crippen molar-refractivity contribution in [1.29, 1.82) is 0 Å². The Morgan fingerprint density at radius 1 is 1.32 bits per heavy atom. The van der Waals surface area contributed by atoms with E-state index >= 15 is 0 Å². The molecule has 1 N–H and O–H groups in total. The van der Waals surface area contributed by atoms with Gasteiger partial charge >= 0.3 is 6.03 Å². The number of urea groups is 1. The fourth-order valence-corrected chi connectivity index (χ4v) is 2.79. The standard InChI is InChI=1S/C15H23N3O/c1-11-5-6-14(12(2)7-11)18-10-13(8-16-3)9-17(4)15(18)19/h5-7,13,16H,8-10H2,1-4H3. The largest absolute Gasteiger partial charge is 0.327 e. The van der Waals surface area contributed by atoms with Crippen LogP contribution in [0.15, 0.2) is 18.2 Å². The van der Waals surface area contributed by atoms with Crippen LogP contribution in [0.3, 0.4) is 0 Å². The van der Waals surface area contributed by atoms with Crippen LogP contribution >= 0.6 is 0 Å². The van der Waals surface area contributed by atoms with E-state index in [1.807, 2.05) is 23.9 Å². The number of hydrogen-bond acceptors (Lipinski definition) is 2. The molecule has 2 rings (SSSR count). The summed E-state index contributed by atoms with van der Waals surface area (Å²) in [5.74, 6) is 0.466. The van der Waals surface area contributed by atoms with Crippen molar-refractivity contribution in [2.45, 2.75) is 13.8 Å². The number of nitrogens with one attached hydrogen (secondary N) is 1. The van der Waals surface area contributed by atoms with E-state index in [9.17, 15) is 4.79 Å². The van der Waals surface area contributed by atoms with Crippen molar-refractivity contribution in [3.05, 3.63) is 29.3 Å². The molecule has 0 bridgehead atoms. The molecule has 19 heavy (non-hydrogen) atoms. The normalized spacial score (nSPS) is 20.0. The minimum absolute atomic E-state index is 0.0966. The van der Waals surface area contributed by atoms with Crippen molar-refractivity contribution in [3.8, 4) is 0 Å². The molecule has 1 fully saturated rings. The molecule has 1 atom stereocenters. The molecular formula is C15H23N3O. The van der Waals surface area contributed by atoms with Gasteiger partial charge in [-0.25, -0.2) is 4.79 Å². The van der Waals surface area contributed by atoms with Gasteiger partial charge in [-0.05, 0) is 32.5 Å². The number of benzene rings is 1. The van der Waals surface area contributed by atoms with Crippen LogP contribution in [-0.4, -0.2) is 44.7 Å². The maximum atomic E-state index is 12.3. The van der Waals surface area contributed by atoms with Crippen LogP contribution in [0.25, 0.3) is 0 Å². The lowest BCUT2D eigenvalue weighted by Crippen LogP contribution is -2.54. The van der Waals surface area contributed by atoms with Crippen LogP contribution in [0.2, 0.25) is 0 Å². The SMILES string of the molecule is CNCC1CN(C)C(=O)N(c2ccc(C)cc2C)C1. The number of hydrogen-bond donors (Lipinski definition) is 1. The van der Waals surface area contributed by atoms with E-state index in [4.69, 9.17) is 0 Å². The Morgan fingerprint density at radius 2 is 2.05 bits per heavy atom. The third-order valence-electron chi connectivity index (χ3n) is 3.67. The Bertz CT molecular complexity index is 472. The topological polar surface area (TPSA) is 35.6 Å². The van der Waals surface area contributed by atoms with E-state index in [1.54, 1.807) is 0 Å². The second kappa shape index (κ2) is 5.61. The summed E-state index contributed by atoms with van der Waals surface area (Å²) < 4.78 is 0.